The molecule has 1 aliphatic heterocycles. The van der Waals surface area contributed by atoms with Crippen LogP contribution in [0, 0.1) is 5.92 Å². The molecule has 0 radical (unpaired) electrons. The first kappa shape index (κ1) is 11.0. The van der Waals surface area contributed by atoms with E-state index in [0.29, 0.717) is 24.0 Å². The molecule has 17 heavy (non-hydrogen) atoms. The molecular formula is C15H19NO. The van der Waals surface area contributed by atoms with Gasteiger partial charge in [-0.05, 0) is 49.4 Å². The Morgan fingerprint density at radius 2 is 2.12 bits per heavy atom. The molecule has 2 aliphatic rings. The highest BCUT2D eigenvalue weighted by molar-refractivity contribution is 5.96. The minimum atomic E-state index is 0.317. The molecule has 1 N–H and O–H groups in total. The summed E-state index contributed by atoms with van der Waals surface area (Å²) in [4.78, 5) is 12.1. The zero-order valence-corrected chi connectivity index (χ0v) is 10.1. The zero-order valence-electron chi connectivity index (χ0n) is 10.1. The lowest BCUT2D eigenvalue weighted by molar-refractivity contribution is 0.0945. The second-order valence-corrected chi connectivity index (χ2v) is 5.40. The average Bonchev–Trinajstić information content (AvgIpc) is 2.21. The molecule has 0 atom stereocenters. The van der Waals surface area contributed by atoms with Crippen LogP contribution in [0.15, 0.2) is 24.3 Å². The van der Waals surface area contributed by atoms with E-state index in [1.165, 1.54) is 24.8 Å². The van der Waals surface area contributed by atoms with Gasteiger partial charge in [0.2, 0.25) is 0 Å². The normalized spacial score (nSPS) is 20.7. The van der Waals surface area contributed by atoms with Crippen molar-refractivity contribution >= 4 is 5.78 Å². The number of nitrogens with one attached hydrogen (secondary N) is 1. The van der Waals surface area contributed by atoms with Gasteiger partial charge in [-0.15, -0.1) is 0 Å². The molecule has 2 nitrogen and oxygen atoms in total. The van der Waals surface area contributed by atoms with Crippen LogP contribution >= 0.6 is 0 Å². The Morgan fingerprint density at radius 1 is 1.29 bits per heavy atom. The lowest BCUT2D eigenvalue weighted by Crippen LogP contribution is -2.42. The Hall–Kier alpha value is -1.15. The standard InChI is InChI=1S/C15H19NO/c17-15(7-11-9-16-10-11)14-6-2-5-13(8-14)12-3-1-4-12/h2,5-6,8,11-12,16H,1,3-4,7,9-10H2. The van der Waals surface area contributed by atoms with E-state index in [9.17, 15) is 4.79 Å². The summed E-state index contributed by atoms with van der Waals surface area (Å²) in [6.07, 6.45) is 4.64. The summed E-state index contributed by atoms with van der Waals surface area (Å²) < 4.78 is 0. The van der Waals surface area contributed by atoms with Crippen LogP contribution in [0.1, 0.15) is 47.5 Å². The maximum Gasteiger partial charge on any atom is 0.163 e. The van der Waals surface area contributed by atoms with E-state index in [1.807, 2.05) is 12.1 Å². The minimum absolute atomic E-state index is 0.317. The fourth-order valence-corrected chi connectivity index (χ4v) is 2.58. The fourth-order valence-electron chi connectivity index (χ4n) is 2.58. The molecule has 2 heteroatoms. The largest absolute Gasteiger partial charge is 0.316 e. The van der Waals surface area contributed by atoms with Gasteiger partial charge in [-0.2, -0.15) is 0 Å². The third kappa shape index (κ3) is 2.27. The van der Waals surface area contributed by atoms with Crippen LogP contribution in [0.5, 0.6) is 0 Å². The van der Waals surface area contributed by atoms with Gasteiger partial charge in [-0.25, -0.2) is 0 Å². The van der Waals surface area contributed by atoms with Crippen LogP contribution in [0.2, 0.25) is 0 Å². The third-order valence-electron chi connectivity index (χ3n) is 4.13. The lowest BCUT2D eigenvalue weighted by atomic mass is 9.79. The van der Waals surface area contributed by atoms with Crippen molar-refractivity contribution in [2.75, 3.05) is 13.1 Å². The zero-order chi connectivity index (χ0) is 11.7. The van der Waals surface area contributed by atoms with Gasteiger partial charge in [0.1, 0.15) is 0 Å². The number of hydrogen-bond donors (Lipinski definition) is 1. The number of hydrogen-bond acceptors (Lipinski definition) is 2. The number of carbonyl (C=O) groups excluding carboxylic acids is 1. The molecule has 0 spiro atoms. The fraction of sp³-hybridized carbons (Fsp3) is 0.533. The number of carbonyl (C=O) groups is 1. The van der Waals surface area contributed by atoms with Crippen LogP contribution < -0.4 is 5.32 Å². The predicted molar refractivity (Wildman–Crippen MR) is 68.3 cm³/mol. The SMILES string of the molecule is O=C(CC1CNC1)c1cccc(C2CCC2)c1. The number of rotatable bonds is 4. The van der Waals surface area contributed by atoms with Gasteiger partial charge in [-0.3, -0.25) is 4.79 Å². The quantitative estimate of drug-likeness (QED) is 0.804. The highest BCUT2D eigenvalue weighted by Crippen LogP contribution is 2.36. The summed E-state index contributed by atoms with van der Waals surface area (Å²) >= 11 is 0. The number of Topliss-reactive ketones (excluding diaryl/α,β-unsaturated/α-hetero) is 1. The van der Waals surface area contributed by atoms with Gasteiger partial charge >= 0.3 is 0 Å². The maximum atomic E-state index is 12.1. The van der Waals surface area contributed by atoms with Gasteiger partial charge in [0.05, 0.1) is 0 Å². The van der Waals surface area contributed by atoms with Crippen LogP contribution in [0.25, 0.3) is 0 Å². The number of ketones is 1. The Balaban J connectivity index is 1.70. The smallest absolute Gasteiger partial charge is 0.163 e. The topological polar surface area (TPSA) is 29.1 Å². The van der Waals surface area contributed by atoms with Crippen LogP contribution in [0.3, 0.4) is 0 Å². The van der Waals surface area contributed by atoms with E-state index in [2.05, 4.69) is 17.4 Å². The maximum absolute atomic E-state index is 12.1. The van der Waals surface area contributed by atoms with Crippen molar-refractivity contribution in [1.29, 1.82) is 0 Å². The molecule has 0 unspecified atom stereocenters. The first-order chi connectivity index (χ1) is 8.33. The third-order valence-corrected chi connectivity index (χ3v) is 4.13. The van der Waals surface area contributed by atoms with Gasteiger partial charge in [0.15, 0.2) is 5.78 Å². The first-order valence-electron chi connectivity index (χ1n) is 6.67. The summed E-state index contributed by atoms with van der Waals surface area (Å²) in [5.41, 5.74) is 2.29. The van der Waals surface area contributed by atoms with Gasteiger partial charge in [0.25, 0.3) is 0 Å². The van der Waals surface area contributed by atoms with Crippen LogP contribution in [-0.4, -0.2) is 18.9 Å². The summed E-state index contributed by atoms with van der Waals surface area (Å²) in [5, 5.41) is 3.21. The highest BCUT2D eigenvalue weighted by Gasteiger charge is 2.23. The molecule has 1 heterocycles. The van der Waals surface area contributed by atoms with Crippen molar-refractivity contribution in [3.05, 3.63) is 35.4 Å². The van der Waals surface area contributed by atoms with Crippen molar-refractivity contribution in [3.63, 3.8) is 0 Å². The van der Waals surface area contributed by atoms with E-state index >= 15 is 0 Å². The van der Waals surface area contributed by atoms with Crippen molar-refractivity contribution in [2.45, 2.75) is 31.6 Å². The minimum Gasteiger partial charge on any atom is -0.316 e. The van der Waals surface area contributed by atoms with Crippen molar-refractivity contribution < 1.29 is 4.79 Å². The molecule has 2 fully saturated rings. The molecule has 3 rings (SSSR count). The second kappa shape index (κ2) is 4.61. The molecule has 0 aromatic heterocycles. The van der Waals surface area contributed by atoms with E-state index < -0.39 is 0 Å². The van der Waals surface area contributed by atoms with E-state index in [0.717, 1.165) is 18.7 Å². The summed E-state index contributed by atoms with van der Waals surface area (Å²) in [5.74, 6) is 1.60. The van der Waals surface area contributed by atoms with E-state index in [1.54, 1.807) is 0 Å². The highest BCUT2D eigenvalue weighted by atomic mass is 16.1. The number of benzene rings is 1. The molecule has 0 amide bonds. The summed E-state index contributed by atoms with van der Waals surface area (Å²) in [6.45, 7) is 2.02. The van der Waals surface area contributed by atoms with Crippen molar-refractivity contribution in [2.24, 2.45) is 5.92 Å². The molecule has 1 aromatic carbocycles. The van der Waals surface area contributed by atoms with Crippen LogP contribution in [0.4, 0.5) is 0 Å². The Bertz CT molecular complexity index is 419. The Labute approximate surface area is 102 Å². The summed E-state index contributed by atoms with van der Waals surface area (Å²) in [6, 6.07) is 8.31. The monoisotopic (exact) mass is 229 g/mol. The second-order valence-electron chi connectivity index (χ2n) is 5.40. The Kier molecular flexibility index (Phi) is 2.98. The lowest BCUT2D eigenvalue weighted by Gasteiger charge is -2.27. The van der Waals surface area contributed by atoms with Crippen LogP contribution in [-0.2, 0) is 0 Å². The first-order valence-corrected chi connectivity index (χ1v) is 6.67. The van der Waals surface area contributed by atoms with Gasteiger partial charge in [0, 0.05) is 12.0 Å². The molecule has 1 saturated heterocycles. The molecule has 1 aliphatic carbocycles. The predicted octanol–water partition coefficient (Wildman–Crippen LogP) is 2.75. The van der Waals surface area contributed by atoms with Gasteiger partial charge in [-0.1, -0.05) is 24.6 Å². The van der Waals surface area contributed by atoms with Crippen molar-refractivity contribution in [3.8, 4) is 0 Å². The molecular weight excluding hydrogens is 210 g/mol. The average molecular weight is 229 g/mol. The molecule has 1 saturated carbocycles. The summed E-state index contributed by atoms with van der Waals surface area (Å²) in [7, 11) is 0. The molecule has 1 aromatic rings. The van der Waals surface area contributed by atoms with Gasteiger partial charge < -0.3 is 5.32 Å². The molecule has 0 bridgehead atoms. The van der Waals surface area contributed by atoms with E-state index in [4.69, 9.17) is 0 Å². The molecule has 90 valence electrons. The Morgan fingerprint density at radius 3 is 2.71 bits per heavy atom. The van der Waals surface area contributed by atoms with Crippen molar-refractivity contribution in [1.82, 2.24) is 5.32 Å². The van der Waals surface area contributed by atoms with E-state index in [-0.39, 0.29) is 0 Å².